The summed E-state index contributed by atoms with van der Waals surface area (Å²) in [4.78, 5) is 14.2. The molecule has 40 heavy (non-hydrogen) atoms. The maximum Gasteiger partial charge on any atom is 0.252 e. The van der Waals surface area contributed by atoms with E-state index in [2.05, 4.69) is 0 Å². The highest BCUT2D eigenvalue weighted by Crippen LogP contribution is 2.44. The third-order valence-corrected chi connectivity index (χ3v) is 7.95. The Morgan fingerprint density at radius 2 is 1.18 bits per heavy atom. The Morgan fingerprint density at radius 3 is 1.65 bits per heavy atom. The fraction of sp³-hybridized carbons (Fsp3) is 0.194. The van der Waals surface area contributed by atoms with Gasteiger partial charge in [-0.1, -0.05) is 0 Å². The molecule has 0 radical (unpaired) electrons. The Kier molecular flexibility index (Phi) is 8.64. The van der Waals surface area contributed by atoms with Gasteiger partial charge in [-0.2, -0.15) is 5.06 Å². The average Bonchev–Trinajstić information content (AvgIpc) is 2.97. The second-order valence-electron chi connectivity index (χ2n) is 9.36. The molecular formula is C31H27F2NO5S. The van der Waals surface area contributed by atoms with Gasteiger partial charge >= 0.3 is 0 Å². The average molecular weight is 564 g/mol. The number of thioether (sulfide) groups is 1. The number of ether oxygens (including phenoxy) is 3. The summed E-state index contributed by atoms with van der Waals surface area (Å²) < 4.78 is 42.8. The molecule has 1 N–H and O–H groups in total. The van der Waals surface area contributed by atoms with E-state index in [1.807, 2.05) is 24.3 Å². The zero-order chi connectivity index (χ0) is 28.0. The first-order valence-electron chi connectivity index (χ1n) is 12.7. The number of nitrogens with zero attached hydrogens (tertiary/aromatic N) is 1. The molecule has 0 spiro atoms. The zero-order valence-corrected chi connectivity index (χ0v) is 22.3. The fourth-order valence-electron chi connectivity index (χ4n) is 4.31. The molecule has 0 aromatic heterocycles. The van der Waals surface area contributed by atoms with Crippen LogP contribution < -0.4 is 14.5 Å². The van der Waals surface area contributed by atoms with Crippen molar-refractivity contribution in [3.8, 4) is 23.0 Å². The number of hydrogen-bond donors (Lipinski definition) is 1. The summed E-state index contributed by atoms with van der Waals surface area (Å²) in [7, 11) is 0. The second kappa shape index (κ2) is 12.5. The molecule has 1 amide bonds. The minimum absolute atomic E-state index is 0.110. The van der Waals surface area contributed by atoms with Gasteiger partial charge in [-0.3, -0.25) is 10.0 Å². The molecular weight excluding hydrogens is 536 g/mol. The van der Waals surface area contributed by atoms with Crippen molar-refractivity contribution in [1.82, 2.24) is 0 Å². The predicted octanol–water partition coefficient (Wildman–Crippen LogP) is 8.00. The van der Waals surface area contributed by atoms with Crippen molar-refractivity contribution in [2.24, 2.45) is 0 Å². The maximum absolute atomic E-state index is 13.2. The van der Waals surface area contributed by atoms with E-state index in [0.29, 0.717) is 59.8 Å². The van der Waals surface area contributed by atoms with Crippen LogP contribution in [0.2, 0.25) is 0 Å². The third-order valence-electron chi connectivity index (χ3n) is 6.45. The number of amides is 1. The van der Waals surface area contributed by atoms with Crippen LogP contribution in [0.4, 0.5) is 14.5 Å². The number of hydrogen-bond acceptors (Lipinski definition) is 6. The van der Waals surface area contributed by atoms with Crippen LogP contribution in [-0.2, 0) is 9.53 Å². The predicted molar refractivity (Wildman–Crippen MR) is 148 cm³/mol. The molecule has 0 bridgehead atoms. The summed E-state index contributed by atoms with van der Waals surface area (Å²) in [5.41, 5.74) is 0.311. The van der Waals surface area contributed by atoms with Crippen LogP contribution in [0.5, 0.6) is 23.0 Å². The van der Waals surface area contributed by atoms with Gasteiger partial charge < -0.3 is 14.2 Å². The van der Waals surface area contributed by atoms with Gasteiger partial charge in [0, 0.05) is 29.3 Å². The van der Waals surface area contributed by atoms with Crippen LogP contribution in [0.25, 0.3) is 0 Å². The van der Waals surface area contributed by atoms with Crippen LogP contribution in [0.1, 0.15) is 19.3 Å². The molecule has 1 aliphatic heterocycles. The highest BCUT2D eigenvalue weighted by molar-refractivity contribution is 8.00. The second-order valence-corrected chi connectivity index (χ2v) is 10.9. The first kappa shape index (κ1) is 27.6. The largest absolute Gasteiger partial charge is 0.457 e. The number of anilines is 1. The Balaban J connectivity index is 1.22. The SMILES string of the molecule is O=C(CC1(Sc2ccc(Oc3ccc(F)cc3)cc2)CCOCC1)N(O)c1ccc(Oc2ccc(F)cc2)cc1. The Hall–Kier alpha value is -3.92. The van der Waals surface area contributed by atoms with E-state index in [0.717, 1.165) is 4.90 Å². The minimum Gasteiger partial charge on any atom is -0.457 e. The van der Waals surface area contributed by atoms with Gasteiger partial charge in [0.15, 0.2) is 0 Å². The lowest BCUT2D eigenvalue weighted by atomic mass is 9.94. The minimum atomic E-state index is -0.457. The molecule has 0 saturated carbocycles. The van der Waals surface area contributed by atoms with Gasteiger partial charge in [-0.05, 0) is 110 Å². The standard InChI is InChI=1S/C31H27F2NO5S/c32-22-1-7-25(8-2-22)38-27-11-5-24(6-12-27)34(36)30(35)21-31(17-19-37-20-18-31)40-29-15-13-28(14-16-29)39-26-9-3-23(33)4-10-26/h1-16,36H,17-21H2. The molecule has 206 valence electrons. The van der Waals surface area contributed by atoms with Crippen molar-refractivity contribution < 1.29 is 33.0 Å². The number of hydroxylamine groups is 1. The quantitative estimate of drug-likeness (QED) is 0.164. The van der Waals surface area contributed by atoms with Crippen LogP contribution in [-0.4, -0.2) is 29.1 Å². The van der Waals surface area contributed by atoms with E-state index < -0.39 is 10.7 Å². The fourth-order valence-corrected chi connectivity index (χ4v) is 5.65. The van der Waals surface area contributed by atoms with Gasteiger partial charge in [-0.15, -0.1) is 11.8 Å². The molecule has 4 aromatic carbocycles. The monoisotopic (exact) mass is 563 g/mol. The van der Waals surface area contributed by atoms with Gasteiger partial charge in [0.25, 0.3) is 5.91 Å². The third kappa shape index (κ3) is 7.18. The molecule has 1 aliphatic rings. The summed E-state index contributed by atoms with van der Waals surface area (Å²) in [6, 6.07) is 25.4. The molecule has 1 saturated heterocycles. The van der Waals surface area contributed by atoms with Crippen LogP contribution in [0.3, 0.4) is 0 Å². The summed E-state index contributed by atoms with van der Waals surface area (Å²) in [5.74, 6) is 0.986. The van der Waals surface area contributed by atoms with Gasteiger partial charge in [0.2, 0.25) is 0 Å². The molecule has 6 nitrogen and oxygen atoms in total. The molecule has 0 unspecified atom stereocenters. The van der Waals surface area contributed by atoms with Crippen molar-refractivity contribution in [2.75, 3.05) is 18.3 Å². The number of rotatable bonds is 9. The molecule has 4 aromatic rings. The van der Waals surface area contributed by atoms with E-state index >= 15 is 0 Å². The topological polar surface area (TPSA) is 68.2 Å². The van der Waals surface area contributed by atoms with Gasteiger partial charge in [0.05, 0.1) is 5.69 Å². The smallest absolute Gasteiger partial charge is 0.252 e. The molecule has 0 atom stereocenters. The van der Waals surface area contributed by atoms with Crippen LogP contribution in [0.15, 0.2) is 102 Å². The van der Waals surface area contributed by atoms with Crippen molar-refractivity contribution in [3.05, 3.63) is 109 Å². The normalized spacial score (nSPS) is 14.4. The number of benzene rings is 4. The lowest BCUT2D eigenvalue weighted by Gasteiger charge is -2.36. The Labute approximate surface area is 235 Å². The summed E-state index contributed by atoms with van der Waals surface area (Å²) in [5, 5.41) is 11.4. The van der Waals surface area contributed by atoms with E-state index in [9.17, 15) is 18.8 Å². The van der Waals surface area contributed by atoms with E-state index in [4.69, 9.17) is 14.2 Å². The molecule has 0 aliphatic carbocycles. The first-order chi connectivity index (χ1) is 19.4. The maximum atomic E-state index is 13.2. The van der Waals surface area contributed by atoms with Gasteiger partial charge in [-0.25, -0.2) is 8.78 Å². The highest BCUT2D eigenvalue weighted by Gasteiger charge is 2.37. The van der Waals surface area contributed by atoms with Crippen molar-refractivity contribution >= 4 is 23.4 Å². The number of carbonyl (C=O) groups excluding carboxylic acids is 1. The lowest BCUT2D eigenvalue weighted by Crippen LogP contribution is -2.40. The molecule has 1 heterocycles. The molecule has 9 heteroatoms. The number of halogens is 2. The molecule has 1 fully saturated rings. The van der Waals surface area contributed by atoms with Crippen LogP contribution >= 0.6 is 11.8 Å². The molecule has 5 rings (SSSR count). The first-order valence-corrected chi connectivity index (χ1v) is 13.5. The van der Waals surface area contributed by atoms with Crippen LogP contribution in [0, 0.1) is 11.6 Å². The highest BCUT2D eigenvalue weighted by atomic mass is 32.2. The lowest BCUT2D eigenvalue weighted by molar-refractivity contribution is -0.124. The summed E-state index contributed by atoms with van der Waals surface area (Å²) >= 11 is 1.58. The Bertz CT molecular complexity index is 1410. The van der Waals surface area contributed by atoms with E-state index in [1.54, 1.807) is 48.2 Å². The number of carbonyl (C=O) groups is 1. The zero-order valence-electron chi connectivity index (χ0n) is 21.5. The summed E-state index contributed by atoms with van der Waals surface area (Å²) in [6.45, 7) is 1.04. The Morgan fingerprint density at radius 1 is 0.750 bits per heavy atom. The van der Waals surface area contributed by atoms with Gasteiger partial charge in [0.1, 0.15) is 34.6 Å². The van der Waals surface area contributed by atoms with Crippen molar-refractivity contribution in [2.45, 2.75) is 28.9 Å². The van der Waals surface area contributed by atoms with Crippen molar-refractivity contribution in [3.63, 3.8) is 0 Å². The summed E-state index contributed by atoms with van der Waals surface area (Å²) in [6.07, 6.45) is 1.41. The van der Waals surface area contributed by atoms with E-state index in [1.165, 1.54) is 36.4 Å². The van der Waals surface area contributed by atoms with E-state index in [-0.39, 0.29) is 18.1 Å². The van der Waals surface area contributed by atoms with Crippen molar-refractivity contribution in [1.29, 1.82) is 0 Å².